The third-order valence-corrected chi connectivity index (χ3v) is 3.46. The molecule has 0 saturated heterocycles. The highest BCUT2D eigenvalue weighted by molar-refractivity contribution is 5.07. The second-order valence-electron chi connectivity index (χ2n) is 5.05. The summed E-state index contributed by atoms with van der Waals surface area (Å²) in [5, 5.41) is 0. The largest absolute Gasteiger partial charge is 0.331 e. The number of aromatic nitrogens is 2. The summed E-state index contributed by atoms with van der Waals surface area (Å²) in [7, 11) is 0. The molecule has 0 spiro atoms. The number of nitrogens with zero attached hydrogens (tertiary/aromatic N) is 3. The lowest BCUT2D eigenvalue weighted by molar-refractivity contribution is 0.200. The van der Waals surface area contributed by atoms with Crippen molar-refractivity contribution in [2.24, 2.45) is 5.73 Å². The van der Waals surface area contributed by atoms with E-state index in [1.165, 1.54) is 18.5 Å². The topological polar surface area (TPSA) is 47.1 Å². The average Bonchev–Trinajstić information content (AvgIpc) is 2.83. The lowest BCUT2D eigenvalue weighted by Crippen LogP contribution is -2.35. The van der Waals surface area contributed by atoms with E-state index in [0.717, 1.165) is 13.1 Å². The lowest BCUT2D eigenvalue weighted by atomic mass is 10.1. The Labute approximate surface area is 111 Å². The Hall–Kier alpha value is -0.870. The zero-order chi connectivity index (χ0) is 13.5. The van der Waals surface area contributed by atoms with E-state index in [4.69, 9.17) is 5.73 Å². The summed E-state index contributed by atoms with van der Waals surface area (Å²) >= 11 is 0. The number of rotatable bonds is 8. The molecule has 1 heterocycles. The van der Waals surface area contributed by atoms with E-state index in [1.807, 2.05) is 12.5 Å². The van der Waals surface area contributed by atoms with Gasteiger partial charge in [-0.3, -0.25) is 4.90 Å². The van der Waals surface area contributed by atoms with E-state index in [9.17, 15) is 0 Å². The SMILES string of the molecule is CCCCN(CC)C(CN)c1cncn1C(C)C. The maximum Gasteiger partial charge on any atom is 0.0951 e. The average molecular weight is 252 g/mol. The van der Waals surface area contributed by atoms with E-state index < -0.39 is 0 Å². The molecule has 0 fully saturated rings. The first-order valence-electron chi connectivity index (χ1n) is 7.11. The molecule has 0 amide bonds. The summed E-state index contributed by atoms with van der Waals surface area (Å²) in [4.78, 5) is 6.75. The van der Waals surface area contributed by atoms with Crippen LogP contribution in [0.15, 0.2) is 12.5 Å². The zero-order valence-electron chi connectivity index (χ0n) is 12.3. The molecule has 0 radical (unpaired) electrons. The van der Waals surface area contributed by atoms with Crippen LogP contribution in [-0.2, 0) is 0 Å². The van der Waals surface area contributed by atoms with Crippen molar-refractivity contribution in [3.63, 3.8) is 0 Å². The van der Waals surface area contributed by atoms with Crippen LogP contribution in [0.1, 0.15) is 58.3 Å². The normalized spacial score (nSPS) is 13.5. The van der Waals surface area contributed by atoms with Gasteiger partial charge in [0.15, 0.2) is 0 Å². The van der Waals surface area contributed by atoms with Gasteiger partial charge in [0.25, 0.3) is 0 Å². The standard InChI is InChI=1S/C14H28N4/c1-5-7-8-17(6-2)13(9-15)14-10-16-11-18(14)12(3)4/h10-13H,5-9,15H2,1-4H3. The molecule has 1 unspecified atom stereocenters. The molecule has 1 atom stereocenters. The summed E-state index contributed by atoms with van der Waals surface area (Å²) in [6.45, 7) is 11.6. The predicted octanol–water partition coefficient (Wildman–Crippen LogP) is 2.59. The van der Waals surface area contributed by atoms with Gasteiger partial charge in [-0.25, -0.2) is 4.98 Å². The van der Waals surface area contributed by atoms with Crippen LogP contribution in [0, 0.1) is 0 Å². The Morgan fingerprint density at radius 2 is 2.11 bits per heavy atom. The van der Waals surface area contributed by atoms with Crippen molar-refractivity contribution >= 4 is 0 Å². The van der Waals surface area contributed by atoms with Crippen molar-refractivity contribution in [1.82, 2.24) is 14.5 Å². The van der Waals surface area contributed by atoms with Crippen LogP contribution in [0.25, 0.3) is 0 Å². The Morgan fingerprint density at radius 1 is 1.39 bits per heavy atom. The molecule has 0 aliphatic heterocycles. The lowest BCUT2D eigenvalue weighted by Gasteiger charge is -2.31. The molecule has 0 aliphatic rings. The minimum Gasteiger partial charge on any atom is -0.331 e. The first-order chi connectivity index (χ1) is 8.65. The molecule has 4 heteroatoms. The minimum absolute atomic E-state index is 0.284. The molecule has 4 nitrogen and oxygen atoms in total. The minimum atomic E-state index is 0.284. The van der Waals surface area contributed by atoms with E-state index >= 15 is 0 Å². The molecular weight excluding hydrogens is 224 g/mol. The molecule has 104 valence electrons. The highest BCUT2D eigenvalue weighted by Crippen LogP contribution is 2.22. The van der Waals surface area contributed by atoms with Crippen LogP contribution in [-0.4, -0.2) is 34.1 Å². The van der Waals surface area contributed by atoms with Crippen molar-refractivity contribution in [3.05, 3.63) is 18.2 Å². The highest BCUT2D eigenvalue weighted by Gasteiger charge is 2.21. The Balaban J connectivity index is 2.89. The first kappa shape index (κ1) is 15.2. The molecular formula is C14H28N4. The molecule has 1 aromatic heterocycles. The van der Waals surface area contributed by atoms with Gasteiger partial charge in [-0.2, -0.15) is 0 Å². The number of imidazole rings is 1. The van der Waals surface area contributed by atoms with Gasteiger partial charge in [-0.05, 0) is 33.4 Å². The van der Waals surface area contributed by atoms with Gasteiger partial charge in [0.1, 0.15) is 0 Å². The summed E-state index contributed by atoms with van der Waals surface area (Å²) in [6.07, 6.45) is 6.32. The Bertz CT molecular complexity index is 332. The molecule has 2 N–H and O–H groups in total. The van der Waals surface area contributed by atoms with Gasteiger partial charge in [-0.1, -0.05) is 20.3 Å². The molecule has 0 saturated carbocycles. The van der Waals surface area contributed by atoms with Gasteiger partial charge in [0, 0.05) is 18.8 Å². The second kappa shape index (κ2) is 7.54. The summed E-state index contributed by atoms with van der Waals surface area (Å²) in [5.74, 6) is 0. The summed E-state index contributed by atoms with van der Waals surface area (Å²) in [5.41, 5.74) is 7.24. The monoisotopic (exact) mass is 252 g/mol. The van der Waals surface area contributed by atoms with E-state index in [-0.39, 0.29) is 6.04 Å². The molecule has 18 heavy (non-hydrogen) atoms. The zero-order valence-corrected chi connectivity index (χ0v) is 12.3. The van der Waals surface area contributed by atoms with E-state index in [1.54, 1.807) is 0 Å². The van der Waals surface area contributed by atoms with Crippen molar-refractivity contribution in [2.75, 3.05) is 19.6 Å². The van der Waals surface area contributed by atoms with Gasteiger partial charge in [0.2, 0.25) is 0 Å². The van der Waals surface area contributed by atoms with Gasteiger partial charge in [-0.15, -0.1) is 0 Å². The third kappa shape index (κ3) is 3.56. The van der Waals surface area contributed by atoms with Crippen molar-refractivity contribution < 1.29 is 0 Å². The molecule has 0 aliphatic carbocycles. The summed E-state index contributed by atoms with van der Waals surface area (Å²) < 4.78 is 2.23. The number of unbranched alkanes of at least 4 members (excludes halogenated alkanes) is 1. The predicted molar refractivity (Wildman–Crippen MR) is 76.6 cm³/mol. The van der Waals surface area contributed by atoms with E-state index in [2.05, 4.69) is 42.1 Å². The Kier molecular flexibility index (Phi) is 6.36. The number of nitrogens with two attached hydrogens (primary N) is 1. The highest BCUT2D eigenvalue weighted by atomic mass is 15.2. The van der Waals surface area contributed by atoms with Gasteiger partial charge < -0.3 is 10.3 Å². The maximum atomic E-state index is 6.00. The molecule has 1 rings (SSSR count). The first-order valence-corrected chi connectivity index (χ1v) is 7.11. The van der Waals surface area contributed by atoms with Crippen molar-refractivity contribution in [2.45, 2.75) is 52.6 Å². The van der Waals surface area contributed by atoms with Crippen LogP contribution in [0.5, 0.6) is 0 Å². The van der Waals surface area contributed by atoms with Crippen LogP contribution in [0.3, 0.4) is 0 Å². The number of hydrogen-bond donors (Lipinski definition) is 1. The molecule has 0 aromatic carbocycles. The van der Waals surface area contributed by atoms with Gasteiger partial charge in [0.05, 0.1) is 18.1 Å². The van der Waals surface area contributed by atoms with Crippen LogP contribution in [0.4, 0.5) is 0 Å². The fraction of sp³-hybridized carbons (Fsp3) is 0.786. The third-order valence-electron chi connectivity index (χ3n) is 3.46. The van der Waals surface area contributed by atoms with Crippen LogP contribution in [0.2, 0.25) is 0 Å². The molecule has 0 bridgehead atoms. The number of likely N-dealkylation sites (N-methyl/N-ethyl adjacent to an activating group) is 1. The smallest absolute Gasteiger partial charge is 0.0951 e. The summed E-state index contributed by atoms with van der Waals surface area (Å²) in [6, 6.07) is 0.716. The fourth-order valence-electron chi connectivity index (χ4n) is 2.36. The van der Waals surface area contributed by atoms with Crippen molar-refractivity contribution in [3.8, 4) is 0 Å². The maximum absolute atomic E-state index is 6.00. The fourth-order valence-corrected chi connectivity index (χ4v) is 2.36. The van der Waals surface area contributed by atoms with Crippen molar-refractivity contribution in [1.29, 1.82) is 0 Å². The Morgan fingerprint density at radius 3 is 2.61 bits per heavy atom. The molecule has 1 aromatic rings. The van der Waals surface area contributed by atoms with E-state index in [0.29, 0.717) is 12.6 Å². The van der Waals surface area contributed by atoms with Crippen LogP contribution < -0.4 is 5.73 Å². The van der Waals surface area contributed by atoms with Crippen LogP contribution >= 0.6 is 0 Å². The number of hydrogen-bond acceptors (Lipinski definition) is 3. The van der Waals surface area contributed by atoms with Gasteiger partial charge >= 0.3 is 0 Å². The second-order valence-corrected chi connectivity index (χ2v) is 5.05. The quantitative estimate of drug-likeness (QED) is 0.773.